The molecule has 0 saturated heterocycles. The summed E-state index contributed by atoms with van der Waals surface area (Å²) in [5.74, 6) is 0. The molecule has 0 saturated carbocycles. The maximum Gasteiger partial charge on any atom is 0.0612 e. The van der Waals surface area contributed by atoms with Crippen LogP contribution in [0, 0.1) is 6.92 Å². The van der Waals surface area contributed by atoms with Crippen LogP contribution >= 0.6 is 0 Å². The van der Waals surface area contributed by atoms with Crippen molar-refractivity contribution in [2.45, 2.75) is 13.3 Å². The largest absolute Gasteiger partial charge is 0.392 e. The van der Waals surface area contributed by atoms with Crippen LogP contribution in [0.2, 0.25) is 0 Å². The smallest absolute Gasteiger partial charge is 0.0612 e. The summed E-state index contributed by atoms with van der Waals surface area (Å²) in [6.45, 7) is 2.21. The number of aliphatic hydroxyl groups is 1. The Morgan fingerprint density at radius 1 is 1.17 bits per heavy atom. The van der Waals surface area contributed by atoms with Gasteiger partial charge in [0.05, 0.1) is 6.61 Å². The van der Waals surface area contributed by atoms with Crippen molar-refractivity contribution in [2.24, 2.45) is 0 Å². The van der Waals surface area contributed by atoms with E-state index >= 15 is 0 Å². The van der Waals surface area contributed by atoms with Crippen molar-refractivity contribution >= 4 is 0 Å². The lowest BCUT2D eigenvalue weighted by Gasteiger charge is -1.96. The zero-order valence-corrected chi connectivity index (χ0v) is 7.33. The van der Waals surface area contributed by atoms with E-state index in [1.54, 1.807) is 6.08 Å². The maximum absolute atomic E-state index is 8.50. The second kappa shape index (κ2) is 4.73. The lowest BCUT2D eigenvalue weighted by atomic mass is 10.1. The van der Waals surface area contributed by atoms with Gasteiger partial charge in [-0.15, -0.1) is 0 Å². The predicted octanol–water partition coefficient (Wildman–Crippen LogP) is 2.09. The van der Waals surface area contributed by atoms with Gasteiger partial charge in [0, 0.05) is 0 Å². The third-order valence-electron chi connectivity index (χ3n) is 1.75. The average Bonchev–Trinajstić information content (AvgIpc) is 2.09. The lowest BCUT2D eigenvalue weighted by molar-refractivity contribution is 0.342. The molecule has 0 aliphatic heterocycles. The first kappa shape index (κ1) is 9.01. The molecular formula is C11H14O. The summed E-state index contributed by atoms with van der Waals surface area (Å²) in [6, 6.07) is 8.42. The van der Waals surface area contributed by atoms with Crippen molar-refractivity contribution in [3.8, 4) is 0 Å². The van der Waals surface area contributed by atoms with Crippen LogP contribution in [0.3, 0.4) is 0 Å². The van der Waals surface area contributed by atoms with Crippen LogP contribution in [0.5, 0.6) is 0 Å². The number of rotatable bonds is 3. The van der Waals surface area contributed by atoms with Crippen molar-refractivity contribution < 1.29 is 5.11 Å². The van der Waals surface area contributed by atoms with E-state index < -0.39 is 0 Å². The summed E-state index contributed by atoms with van der Waals surface area (Å²) in [6.07, 6.45) is 4.64. The van der Waals surface area contributed by atoms with Crippen LogP contribution in [-0.4, -0.2) is 11.7 Å². The van der Waals surface area contributed by atoms with E-state index in [-0.39, 0.29) is 6.61 Å². The monoisotopic (exact) mass is 162 g/mol. The molecule has 0 spiro atoms. The van der Waals surface area contributed by atoms with Gasteiger partial charge in [0.25, 0.3) is 0 Å². The molecule has 64 valence electrons. The fraction of sp³-hybridized carbons (Fsp3) is 0.273. The molecule has 1 rings (SSSR count). The summed E-state index contributed by atoms with van der Waals surface area (Å²) in [5.41, 5.74) is 2.56. The highest BCUT2D eigenvalue weighted by Gasteiger charge is 1.87. The number of hydrogen-bond donors (Lipinski definition) is 1. The molecule has 0 aromatic heterocycles. The first-order chi connectivity index (χ1) is 5.83. The second-order valence-electron chi connectivity index (χ2n) is 2.84. The molecule has 1 heteroatoms. The molecule has 0 heterocycles. The van der Waals surface area contributed by atoms with Crippen LogP contribution in [0.4, 0.5) is 0 Å². The Morgan fingerprint density at radius 3 is 2.42 bits per heavy atom. The molecule has 0 unspecified atom stereocenters. The van der Waals surface area contributed by atoms with Gasteiger partial charge < -0.3 is 5.11 Å². The highest BCUT2D eigenvalue weighted by atomic mass is 16.2. The lowest BCUT2D eigenvalue weighted by Crippen LogP contribution is -1.81. The molecule has 0 bridgehead atoms. The van der Waals surface area contributed by atoms with Gasteiger partial charge in [0.1, 0.15) is 0 Å². The van der Waals surface area contributed by atoms with Crippen molar-refractivity contribution in [3.63, 3.8) is 0 Å². The third kappa shape index (κ3) is 2.89. The highest BCUT2D eigenvalue weighted by molar-refractivity contribution is 5.22. The van der Waals surface area contributed by atoms with Gasteiger partial charge in [-0.2, -0.15) is 0 Å². The molecule has 0 fully saturated rings. The normalized spacial score (nSPS) is 10.8. The van der Waals surface area contributed by atoms with Gasteiger partial charge in [-0.3, -0.25) is 0 Å². The van der Waals surface area contributed by atoms with Gasteiger partial charge in [0.2, 0.25) is 0 Å². The van der Waals surface area contributed by atoms with E-state index in [1.165, 1.54) is 11.1 Å². The SMILES string of the molecule is Cc1ccc(C/C=C/CO)cc1. The van der Waals surface area contributed by atoms with Gasteiger partial charge in [0.15, 0.2) is 0 Å². The molecule has 0 aliphatic carbocycles. The van der Waals surface area contributed by atoms with Gasteiger partial charge in [-0.1, -0.05) is 42.0 Å². The summed E-state index contributed by atoms with van der Waals surface area (Å²) >= 11 is 0. The topological polar surface area (TPSA) is 20.2 Å². The van der Waals surface area contributed by atoms with E-state index in [0.29, 0.717) is 0 Å². The molecule has 0 amide bonds. The summed E-state index contributed by atoms with van der Waals surface area (Å²) in [4.78, 5) is 0. The van der Waals surface area contributed by atoms with Gasteiger partial charge in [-0.25, -0.2) is 0 Å². The minimum atomic E-state index is 0.131. The van der Waals surface area contributed by atoms with Crippen LogP contribution in [-0.2, 0) is 6.42 Å². The number of aryl methyl sites for hydroxylation is 1. The first-order valence-corrected chi connectivity index (χ1v) is 4.14. The molecule has 1 nitrogen and oxygen atoms in total. The Balaban J connectivity index is 2.53. The van der Waals surface area contributed by atoms with Crippen molar-refractivity contribution in [1.82, 2.24) is 0 Å². The number of hydrogen-bond acceptors (Lipinski definition) is 1. The van der Waals surface area contributed by atoms with Crippen LogP contribution in [0.1, 0.15) is 11.1 Å². The Morgan fingerprint density at radius 2 is 1.83 bits per heavy atom. The summed E-state index contributed by atoms with van der Waals surface area (Å²) < 4.78 is 0. The molecule has 12 heavy (non-hydrogen) atoms. The first-order valence-electron chi connectivity index (χ1n) is 4.14. The summed E-state index contributed by atoms with van der Waals surface area (Å²) in [7, 11) is 0. The minimum absolute atomic E-state index is 0.131. The van der Waals surface area contributed by atoms with E-state index in [0.717, 1.165) is 6.42 Å². The van der Waals surface area contributed by atoms with Crippen molar-refractivity contribution in [1.29, 1.82) is 0 Å². The third-order valence-corrected chi connectivity index (χ3v) is 1.75. The van der Waals surface area contributed by atoms with E-state index in [2.05, 4.69) is 31.2 Å². The fourth-order valence-electron chi connectivity index (χ4n) is 1.02. The quantitative estimate of drug-likeness (QED) is 0.675. The molecule has 0 aliphatic rings. The molecule has 0 atom stereocenters. The van der Waals surface area contributed by atoms with Gasteiger partial charge in [-0.05, 0) is 18.9 Å². The molecule has 1 N–H and O–H groups in total. The number of aliphatic hydroxyl groups excluding tert-OH is 1. The fourth-order valence-corrected chi connectivity index (χ4v) is 1.02. The Kier molecular flexibility index (Phi) is 3.55. The van der Waals surface area contributed by atoms with Crippen LogP contribution in [0.25, 0.3) is 0 Å². The second-order valence-corrected chi connectivity index (χ2v) is 2.84. The Hall–Kier alpha value is -1.08. The number of benzene rings is 1. The van der Waals surface area contributed by atoms with Crippen LogP contribution in [0.15, 0.2) is 36.4 Å². The Labute approximate surface area is 73.4 Å². The Bertz CT molecular complexity index is 246. The van der Waals surface area contributed by atoms with Crippen LogP contribution < -0.4 is 0 Å². The zero-order chi connectivity index (χ0) is 8.81. The van der Waals surface area contributed by atoms with Gasteiger partial charge >= 0.3 is 0 Å². The standard InChI is InChI=1S/C11H14O/c1-10-5-7-11(8-6-10)4-2-3-9-12/h2-3,5-8,12H,4,9H2,1H3/b3-2+. The number of allylic oxidation sites excluding steroid dienone is 1. The minimum Gasteiger partial charge on any atom is -0.392 e. The maximum atomic E-state index is 8.50. The van der Waals surface area contributed by atoms with Crippen molar-refractivity contribution in [2.75, 3.05) is 6.61 Å². The average molecular weight is 162 g/mol. The van der Waals surface area contributed by atoms with E-state index in [9.17, 15) is 0 Å². The predicted molar refractivity (Wildman–Crippen MR) is 51.1 cm³/mol. The zero-order valence-electron chi connectivity index (χ0n) is 7.33. The van der Waals surface area contributed by atoms with E-state index in [4.69, 9.17) is 5.11 Å². The molecule has 1 aromatic rings. The van der Waals surface area contributed by atoms with E-state index in [1.807, 2.05) is 6.08 Å². The molecule has 1 aromatic carbocycles. The molecular weight excluding hydrogens is 148 g/mol. The van der Waals surface area contributed by atoms with Crippen molar-refractivity contribution in [3.05, 3.63) is 47.5 Å². The highest BCUT2D eigenvalue weighted by Crippen LogP contribution is 2.03. The summed E-state index contributed by atoms with van der Waals surface area (Å²) in [5, 5.41) is 8.50. The molecule has 0 radical (unpaired) electrons.